The normalized spacial score (nSPS) is 20.4. The summed E-state index contributed by atoms with van der Waals surface area (Å²) < 4.78 is 104. The van der Waals surface area contributed by atoms with E-state index in [9.17, 15) is 35.9 Å². The number of fused-ring (bicyclic) bond motifs is 1. The minimum Gasteiger partial charge on any atom is -0.497 e. The van der Waals surface area contributed by atoms with Crippen LogP contribution in [0.15, 0.2) is 51.7 Å². The molecular formula is C30H30F6O7. The van der Waals surface area contributed by atoms with Crippen LogP contribution >= 0.6 is 0 Å². The van der Waals surface area contributed by atoms with Crippen molar-refractivity contribution in [1.29, 1.82) is 0 Å². The molecule has 0 radical (unpaired) electrons. The van der Waals surface area contributed by atoms with E-state index in [4.69, 9.17) is 18.6 Å². The standard InChI is InChI=1S/C30H30F6O7/c1-16-27(2,3)28(16,4)26(38)41-15-17(13-29(31,32)33)14-40-20-7-6-18-10-22(25(37)42-23(18)12-20)21-9-8-19(39-5)11-24(21)43-30(34,35)36/h6-12,16-17H,13-15H2,1-5H3. The second-order valence-electron chi connectivity index (χ2n) is 11.3. The van der Waals surface area contributed by atoms with Crippen molar-refractivity contribution in [3.8, 4) is 28.4 Å². The molecule has 1 fully saturated rings. The average molecular weight is 617 g/mol. The number of carbonyl (C=O) groups is 1. The minimum absolute atomic E-state index is 0.00561. The van der Waals surface area contributed by atoms with Gasteiger partial charge in [0.15, 0.2) is 0 Å². The molecule has 1 aliphatic carbocycles. The molecule has 0 amide bonds. The van der Waals surface area contributed by atoms with Crippen LogP contribution in [-0.2, 0) is 9.53 Å². The Balaban J connectivity index is 1.53. The fourth-order valence-electron chi connectivity index (χ4n) is 5.20. The van der Waals surface area contributed by atoms with Crippen molar-refractivity contribution in [2.45, 2.75) is 46.7 Å². The van der Waals surface area contributed by atoms with Crippen LogP contribution in [0.2, 0.25) is 0 Å². The molecule has 3 aromatic rings. The van der Waals surface area contributed by atoms with E-state index in [1.165, 1.54) is 43.5 Å². The van der Waals surface area contributed by atoms with Crippen molar-refractivity contribution in [2.75, 3.05) is 20.3 Å². The molecule has 1 aliphatic rings. The molecule has 0 spiro atoms. The predicted octanol–water partition coefficient (Wildman–Crippen LogP) is 7.54. The Kier molecular flexibility index (Phi) is 8.42. The van der Waals surface area contributed by atoms with Crippen LogP contribution in [0.5, 0.6) is 17.2 Å². The largest absolute Gasteiger partial charge is 0.573 e. The van der Waals surface area contributed by atoms with Gasteiger partial charge in [-0.15, -0.1) is 13.2 Å². The van der Waals surface area contributed by atoms with Gasteiger partial charge < -0.3 is 23.4 Å². The number of ether oxygens (including phenoxy) is 4. The summed E-state index contributed by atoms with van der Waals surface area (Å²) >= 11 is 0. The number of carbonyl (C=O) groups excluding carboxylic acids is 1. The molecule has 1 heterocycles. The third-order valence-corrected chi connectivity index (χ3v) is 8.50. The van der Waals surface area contributed by atoms with E-state index in [1.807, 2.05) is 20.8 Å². The number of alkyl halides is 6. The van der Waals surface area contributed by atoms with E-state index < -0.39 is 60.9 Å². The summed E-state index contributed by atoms with van der Waals surface area (Å²) in [5.41, 5.74) is -2.57. The van der Waals surface area contributed by atoms with E-state index in [2.05, 4.69) is 4.74 Å². The van der Waals surface area contributed by atoms with E-state index in [0.717, 1.165) is 6.07 Å². The summed E-state index contributed by atoms with van der Waals surface area (Å²) in [5, 5.41) is 0.297. The molecule has 0 aliphatic heterocycles. The molecule has 0 bridgehead atoms. The Labute approximate surface area is 242 Å². The maximum absolute atomic E-state index is 13.3. The topological polar surface area (TPSA) is 84.2 Å². The molecule has 0 N–H and O–H groups in total. The van der Waals surface area contributed by atoms with Crippen LogP contribution in [0.1, 0.15) is 34.1 Å². The Hall–Kier alpha value is -3.90. The van der Waals surface area contributed by atoms with E-state index >= 15 is 0 Å². The Morgan fingerprint density at radius 1 is 0.953 bits per heavy atom. The summed E-state index contributed by atoms with van der Waals surface area (Å²) in [4.78, 5) is 25.5. The molecule has 1 aromatic heterocycles. The lowest BCUT2D eigenvalue weighted by Crippen LogP contribution is -2.29. The fraction of sp³-hybridized carbons (Fsp3) is 0.467. The van der Waals surface area contributed by atoms with Crippen molar-refractivity contribution in [1.82, 2.24) is 0 Å². The molecule has 0 saturated heterocycles. The van der Waals surface area contributed by atoms with E-state index in [-0.39, 0.29) is 39.5 Å². The van der Waals surface area contributed by atoms with Gasteiger partial charge in [0.2, 0.25) is 0 Å². The molecule has 4 rings (SSSR count). The summed E-state index contributed by atoms with van der Waals surface area (Å²) in [7, 11) is 1.25. The highest BCUT2D eigenvalue weighted by Gasteiger charge is 2.70. The third kappa shape index (κ3) is 6.86. The van der Waals surface area contributed by atoms with Gasteiger partial charge in [-0.3, -0.25) is 4.79 Å². The minimum atomic E-state index is -5.04. The lowest BCUT2D eigenvalue weighted by Gasteiger charge is -2.21. The first-order valence-electron chi connectivity index (χ1n) is 13.2. The Morgan fingerprint density at radius 3 is 2.19 bits per heavy atom. The van der Waals surface area contributed by atoms with Crippen molar-refractivity contribution in [2.24, 2.45) is 22.7 Å². The highest BCUT2D eigenvalue weighted by atomic mass is 19.4. The zero-order valence-corrected chi connectivity index (χ0v) is 23.9. The smallest absolute Gasteiger partial charge is 0.497 e. The Bertz CT molecular complexity index is 1560. The first-order valence-corrected chi connectivity index (χ1v) is 13.2. The number of benzene rings is 2. The zero-order valence-electron chi connectivity index (χ0n) is 23.9. The first kappa shape index (κ1) is 32.0. The second-order valence-corrected chi connectivity index (χ2v) is 11.3. The number of halogens is 6. The summed E-state index contributed by atoms with van der Waals surface area (Å²) in [6, 6.07) is 8.94. The summed E-state index contributed by atoms with van der Waals surface area (Å²) in [6.07, 6.45) is -10.8. The van der Waals surface area contributed by atoms with Crippen LogP contribution in [0.4, 0.5) is 26.3 Å². The lowest BCUT2D eigenvalue weighted by atomic mass is 9.98. The van der Waals surface area contributed by atoms with Crippen LogP contribution in [-0.4, -0.2) is 38.8 Å². The van der Waals surface area contributed by atoms with Gasteiger partial charge in [-0.2, -0.15) is 13.2 Å². The van der Waals surface area contributed by atoms with E-state index in [0.29, 0.717) is 5.39 Å². The van der Waals surface area contributed by atoms with Gasteiger partial charge in [0.05, 0.1) is 37.7 Å². The molecule has 13 heteroatoms. The molecule has 7 nitrogen and oxygen atoms in total. The van der Waals surface area contributed by atoms with Crippen LogP contribution in [0.3, 0.4) is 0 Å². The van der Waals surface area contributed by atoms with Crippen molar-refractivity contribution in [3.63, 3.8) is 0 Å². The maximum Gasteiger partial charge on any atom is 0.573 e. The molecule has 43 heavy (non-hydrogen) atoms. The molecule has 234 valence electrons. The van der Waals surface area contributed by atoms with Crippen LogP contribution in [0, 0.1) is 22.7 Å². The van der Waals surface area contributed by atoms with Gasteiger partial charge in [-0.25, -0.2) is 4.79 Å². The Morgan fingerprint density at radius 2 is 1.60 bits per heavy atom. The lowest BCUT2D eigenvalue weighted by molar-refractivity contribution is -0.274. The van der Waals surface area contributed by atoms with Gasteiger partial charge in [0, 0.05) is 29.0 Å². The number of hydrogen-bond acceptors (Lipinski definition) is 7. The number of esters is 1. The number of methoxy groups -OCH3 is 1. The summed E-state index contributed by atoms with van der Waals surface area (Å²) in [6.45, 7) is 6.42. The zero-order chi connectivity index (χ0) is 32.0. The third-order valence-electron chi connectivity index (χ3n) is 8.50. The SMILES string of the molecule is COc1ccc(-c2cc3ccc(OCC(COC(=O)C4(C)C(C)C4(C)C)CC(F)(F)F)cc3oc2=O)c(OC(F)(F)F)c1. The first-order chi connectivity index (χ1) is 19.9. The van der Waals surface area contributed by atoms with Gasteiger partial charge in [-0.05, 0) is 48.6 Å². The number of hydrogen-bond donors (Lipinski definition) is 0. The van der Waals surface area contributed by atoms with Gasteiger partial charge >= 0.3 is 24.1 Å². The molecule has 1 saturated carbocycles. The fourth-order valence-corrected chi connectivity index (χ4v) is 5.20. The average Bonchev–Trinajstić information content (AvgIpc) is 3.31. The van der Waals surface area contributed by atoms with Crippen molar-refractivity contribution < 1.29 is 54.5 Å². The van der Waals surface area contributed by atoms with Crippen LogP contribution in [0.25, 0.3) is 22.1 Å². The quantitative estimate of drug-likeness (QED) is 0.132. The van der Waals surface area contributed by atoms with Crippen LogP contribution < -0.4 is 19.8 Å². The monoisotopic (exact) mass is 616 g/mol. The van der Waals surface area contributed by atoms with Gasteiger partial charge in [0.25, 0.3) is 0 Å². The molecule has 2 aromatic carbocycles. The molecular weight excluding hydrogens is 586 g/mol. The second kappa shape index (κ2) is 11.3. The highest BCUT2D eigenvalue weighted by molar-refractivity contribution is 5.84. The predicted molar refractivity (Wildman–Crippen MR) is 143 cm³/mol. The summed E-state index contributed by atoms with van der Waals surface area (Å²) in [5.74, 6) is -2.32. The van der Waals surface area contributed by atoms with Crippen molar-refractivity contribution >= 4 is 16.9 Å². The molecule has 3 unspecified atom stereocenters. The highest BCUT2D eigenvalue weighted by Crippen LogP contribution is 2.68. The van der Waals surface area contributed by atoms with Gasteiger partial charge in [-0.1, -0.05) is 20.8 Å². The maximum atomic E-state index is 13.3. The molecule has 3 atom stereocenters. The van der Waals surface area contributed by atoms with Gasteiger partial charge in [0.1, 0.15) is 22.8 Å². The van der Waals surface area contributed by atoms with Crippen molar-refractivity contribution in [3.05, 3.63) is 52.9 Å². The number of rotatable bonds is 10. The van der Waals surface area contributed by atoms with E-state index in [1.54, 1.807) is 6.92 Å².